The highest BCUT2D eigenvalue weighted by atomic mass is 16.5. The molecule has 1 atom stereocenters. The van der Waals surface area contributed by atoms with Gasteiger partial charge < -0.3 is 9.84 Å². The summed E-state index contributed by atoms with van der Waals surface area (Å²) in [5.41, 5.74) is 0.961. The molecule has 0 saturated carbocycles. The van der Waals surface area contributed by atoms with Crippen LogP contribution in [0.15, 0.2) is 30.3 Å². The summed E-state index contributed by atoms with van der Waals surface area (Å²) in [5, 5.41) is 9.88. The van der Waals surface area contributed by atoms with Crippen molar-refractivity contribution in [3.8, 4) is 0 Å². The summed E-state index contributed by atoms with van der Waals surface area (Å²) in [6.45, 7) is 4.31. The van der Waals surface area contributed by atoms with E-state index in [4.69, 9.17) is 4.74 Å². The van der Waals surface area contributed by atoms with Crippen LogP contribution in [-0.4, -0.2) is 17.2 Å². The van der Waals surface area contributed by atoms with Gasteiger partial charge in [-0.05, 0) is 11.5 Å². The van der Waals surface area contributed by atoms with E-state index in [9.17, 15) is 9.90 Å². The lowest BCUT2D eigenvalue weighted by Gasteiger charge is -2.19. The van der Waals surface area contributed by atoms with Crippen LogP contribution >= 0.6 is 0 Å². The summed E-state index contributed by atoms with van der Waals surface area (Å²) in [6.07, 6.45) is 1.25. The fourth-order valence-electron chi connectivity index (χ4n) is 1.97. The second-order valence-corrected chi connectivity index (χ2v) is 4.49. The molecule has 18 heavy (non-hydrogen) atoms. The van der Waals surface area contributed by atoms with Crippen molar-refractivity contribution in [2.24, 2.45) is 5.92 Å². The minimum atomic E-state index is -0.594. The molecule has 1 aromatic carbocycles. The molecule has 0 aromatic heterocycles. The predicted octanol–water partition coefficient (Wildman–Crippen LogP) is 2.92. The number of carbonyl (C=O) groups is 1. The highest BCUT2D eigenvalue weighted by Crippen LogP contribution is 2.16. The molecule has 3 heteroatoms. The minimum absolute atomic E-state index is 0.0825. The summed E-state index contributed by atoms with van der Waals surface area (Å²) in [5.74, 6) is -0.160. The number of ether oxygens (including phenoxy) is 1. The van der Waals surface area contributed by atoms with Crippen molar-refractivity contribution in [1.29, 1.82) is 0 Å². The highest BCUT2D eigenvalue weighted by molar-refractivity contribution is 5.70. The van der Waals surface area contributed by atoms with Gasteiger partial charge in [0.15, 0.2) is 0 Å². The van der Waals surface area contributed by atoms with Crippen molar-refractivity contribution in [3.05, 3.63) is 35.9 Å². The summed E-state index contributed by atoms with van der Waals surface area (Å²) in [4.78, 5) is 11.6. The van der Waals surface area contributed by atoms with Crippen LogP contribution in [0.3, 0.4) is 0 Å². The number of hydrogen-bond donors (Lipinski definition) is 1. The second-order valence-electron chi connectivity index (χ2n) is 4.49. The smallest absolute Gasteiger partial charge is 0.308 e. The molecule has 0 aliphatic heterocycles. The van der Waals surface area contributed by atoms with Gasteiger partial charge in [-0.2, -0.15) is 0 Å². The SMILES string of the molecule is CCC(CC)C(O)CC(=O)OCc1ccccc1. The first-order valence-electron chi connectivity index (χ1n) is 6.55. The quantitative estimate of drug-likeness (QED) is 0.757. The fraction of sp³-hybridized carbons (Fsp3) is 0.533. The molecule has 0 radical (unpaired) electrons. The van der Waals surface area contributed by atoms with E-state index in [2.05, 4.69) is 0 Å². The molecule has 0 bridgehead atoms. The van der Waals surface area contributed by atoms with E-state index in [-0.39, 0.29) is 24.9 Å². The van der Waals surface area contributed by atoms with Crippen molar-refractivity contribution in [3.63, 3.8) is 0 Å². The molecule has 0 aliphatic carbocycles. The van der Waals surface area contributed by atoms with Crippen molar-refractivity contribution >= 4 is 5.97 Å². The summed E-state index contributed by atoms with van der Waals surface area (Å²) in [7, 11) is 0. The number of hydrogen-bond acceptors (Lipinski definition) is 3. The normalized spacial score (nSPS) is 12.4. The summed E-state index contributed by atoms with van der Waals surface area (Å²) < 4.78 is 5.14. The topological polar surface area (TPSA) is 46.5 Å². The molecule has 0 aliphatic rings. The van der Waals surface area contributed by atoms with E-state index < -0.39 is 6.10 Å². The summed E-state index contributed by atoms with van der Waals surface area (Å²) >= 11 is 0. The lowest BCUT2D eigenvalue weighted by molar-refractivity contribution is -0.148. The van der Waals surface area contributed by atoms with Crippen LogP contribution in [0.2, 0.25) is 0 Å². The Hall–Kier alpha value is -1.35. The van der Waals surface area contributed by atoms with Crippen molar-refractivity contribution in [1.82, 2.24) is 0 Å². The van der Waals surface area contributed by atoms with E-state index in [0.29, 0.717) is 0 Å². The lowest BCUT2D eigenvalue weighted by Crippen LogP contribution is -2.23. The van der Waals surface area contributed by atoms with Gasteiger partial charge in [-0.15, -0.1) is 0 Å². The maximum absolute atomic E-state index is 11.6. The molecule has 0 fully saturated rings. The van der Waals surface area contributed by atoms with Crippen LogP contribution in [0.5, 0.6) is 0 Å². The number of benzene rings is 1. The van der Waals surface area contributed by atoms with Gasteiger partial charge in [-0.3, -0.25) is 4.79 Å². The van der Waals surface area contributed by atoms with Gasteiger partial charge in [0.05, 0.1) is 12.5 Å². The average Bonchev–Trinajstić information content (AvgIpc) is 2.39. The zero-order valence-corrected chi connectivity index (χ0v) is 11.1. The maximum Gasteiger partial charge on any atom is 0.308 e. The van der Waals surface area contributed by atoms with Crippen LogP contribution in [0.1, 0.15) is 38.7 Å². The van der Waals surface area contributed by atoms with Crippen LogP contribution in [0, 0.1) is 5.92 Å². The van der Waals surface area contributed by atoms with Crippen LogP contribution in [0.4, 0.5) is 0 Å². The van der Waals surface area contributed by atoms with Gasteiger partial charge in [0.25, 0.3) is 0 Å². The Labute approximate surface area is 109 Å². The Morgan fingerprint density at radius 2 is 1.83 bits per heavy atom. The van der Waals surface area contributed by atoms with Crippen molar-refractivity contribution < 1.29 is 14.6 Å². The molecule has 1 aromatic rings. The van der Waals surface area contributed by atoms with Gasteiger partial charge in [-0.25, -0.2) is 0 Å². The van der Waals surface area contributed by atoms with E-state index in [1.807, 2.05) is 44.2 Å². The first kappa shape index (κ1) is 14.7. The molecule has 0 heterocycles. The zero-order chi connectivity index (χ0) is 13.4. The fourth-order valence-corrected chi connectivity index (χ4v) is 1.97. The van der Waals surface area contributed by atoms with E-state index >= 15 is 0 Å². The van der Waals surface area contributed by atoms with Gasteiger partial charge >= 0.3 is 5.97 Å². The first-order chi connectivity index (χ1) is 8.67. The van der Waals surface area contributed by atoms with Crippen LogP contribution in [0.25, 0.3) is 0 Å². The highest BCUT2D eigenvalue weighted by Gasteiger charge is 2.19. The molecule has 3 nitrogen and oxygen atoms in total. The first-order valence-corrected chi connectivity index (χ1v) is 6.55. The Bertz CT molecular complexity index is 344. The van der Waals surface area contributed by atoms with Gasteiger partial charge in [0, 0.05) is 0 Å². The summed E-state index contributed by atoms with van der Waals surface area (Å²) in [6, 6.07) is 9.54. The predicted molar refractivity (Wildman–Crippen MR) is 70.9 cm³/mol. The third-order valence-corrected chi connectivity index (χ3v) is 3.21. The molecule has 1 unspecified atom stereocenters. The second kappa shape index (κ2) is 7.88. The largest absolute Gasteiger partial charge is 0.461 e. The number of aliphatic hydroxyl groups is 1. The third kappa shape index (κ3) is 4.88. The molecule has 100 valence electrons. The number of carbonyl (C=O) groups excluding carboxylic acids is 1. The van der Waals surface area contributed by atoms with Crippen LogP contribution < -0.4 is 0 Å². The monoisotopic (exact) mass is 250 g/mol. The average molecular weight is 250 g/mol. The van der Waals surface area contributed by atoms with E-state index in [1.165, 1.54) is 0 Å². The van der Waals surface area contributed by atoms with E-state index in [1.54, 1.807) is 0 Å². The van der Waals surface area contributed by atoms with Gasteiger partial charge in [0.1, 0.15) is 6.61 Å². The minimum Gasteiger partial charge on any atom is -0.461 e. The standard InChI is InChI=1S/C15H22O3/c1-3-13(4-2)14(16)10-15(17)18-11-12-8-6-5-7-9-12/h5-9,13-14,16H,3-4,10-11H2,1-2H3. The Kier molecular flexibility index (Phi) is 6.44. The van der Waals surface area contributed by atoms with E-state index in [0.717, 1.165) is 18.4 Å². The molecule has 0 spiro atoms. The zero-order valence-electron chi connectivity index (χ0n) is 11.1. The maximum atomic E-state index is 11.6. The Balaban J connectivity index is 2.33. The molecule has 1 rings (SSSR count). The van der Waals surface area contributed by atoms with Crippen LogP contribution in [-0.2, 0) is 16.1 Å². The molecular weight excluding hydrogens is 228 g/mol. The van der Waals surface area contributed by atoms with Crippen molar-refractivity contribution in [2.75, 3.05) is 0 Å². The van der Waals surface area contributed by atoms with Gasteiger partial charge in [0.2, 0.25) is 0 Å². The third-order valence-electron chi connectivity index (χ3n) is 3.21. The molecule has 1 N–H and O–H groups in total. The van der Waals surface area contributed by atoms with Gasteiger partial charge in [-0.1, -0.05) is 57.0 Å². The molecule has 0 amide bonds. The Morgan fingerprint density at radius 1 is 1.22 bits per heavy atom. The molecule has 0 saturated heterocycles. The van der Waals surface area contributed by atoms with Crippen molar-refractivity contribution in [2.45, 2.75) is 45.8 Å². The number of rotatable bonds is 7. The number of aliphatic hydroxyl groups excluding tert-OH is 1. The lowest BCUT2D eigenvalue weighted by atomic mass is 9.94. The molecular formula is C15H22O3. The number of esters is 1. The Morgan fingerprint density at radius 3 is 2.39 bits per heavy atom.